The summed E-state index contributed by atoms with van der Waals surface area (Å²) in [4.78, 5) is 14.4. The Morgan fingerprint density at radius 3 is 2.67 bits per heavy atom. The number of likely N-dealkylation sites (tertiary alicyclic amines) is 1. The molecule has 3 rings (SSSR count). The Hall–Kier alpha value is -1.13. The molecule has 0 radical (unpaired) electrons. The Labute approximate surface area is 130 Å². The Bertz CT molecular complexity index is 519. The number of aliphatic carboxylic acids is 1. The van der Waals surface area contributed by atoms with E-state index < -0.39 is 5.97 Å². The molecule has 0 unspecified atom stereocenters. The van der Waals surface area contributed by atoms with Crippen molar-refractivity contribution in [3.63, 3.8) is 0 Å². The number of hydrogen-bond acceptors (Lipinski definition) is 3. The average molecular weight is 305 g/mol. The number of piperidine rings is 1. The second-order valence-electron chi connectivity index (χ2n) is 6.50. The van der Waals surface area contributed by atoms with Crippen molar-refractivity contribution in [1.29, 1.82) is 0 Å². The van der Waals surface area contributed by atoms with Crippen molar-refractivity contribution in [1.82, 2.24) is 4.90 Å². The van der Waals surface area contributed by atoms with Gasteiger partial charge in [-0.3, -0.25) is 4.90 Å². The van der Waals surface area contributed by atoms with Crippen LogP contribution in [0, 0.1) is 5.41 Å². The van der Waals surface area contributed by atoms with Crippen LogP contribution in [0.15, 0.2) is 17.5 Å². The van der Waals surface area contributed by atoms with Gasteiger partial charge in [-0.2, -0.15) is 0 Å². The molecule has 1 aliphatic carbocycles. The quantitative estimate of drug-likeness (QED) is 0.855. The van der Waals surface area contributed by atoms with Crippen LogP contribution in [0.2, 0.25) is 0 Å². The van der Waals surface area contributed by atoms with Gasteiger partial charge in [0.05, 0.1) is 0 Å². The number of hydrogen-bond donors (Lipinski definition) is 1. The highest BCUT2D eigenvalue weighted by Gasteiger charge is 2.36. The van der Waals surface area contributed by atoms with Gasteiger partial charge >= 0.3 is 5.97 Å². The van der Waals surface area contributed by atoms with E-state index in [1.165, 1.54) is 62.6 Å². The van der Waals surface area contributed by atoms with E-state index in [1.54, 1.807) is 17.4 Å². The second-order valence-corrected chi connectivity index (χ2v) is 7.50. The molecule has 1 aromatic heterocycles. The molecule has 1 spiro atoms. The summed E-state index contributed by atoms with van der Waals surface area (Å²) in [7, 11) is 0. The van der Waals surface area contributed by atoms with Crippen molar-refractivity contribution in [2.24, 2.45) is 5.41 Å². The van der Waals surface area contributed by atoms with Gasteiger partial charge in [0.1, 0.15) is 0 Å². The fourth-order valence-corrected chi connectivity index (χ4v) is 4.66. The van der Waals surface area contributed by atoms with Crippen molar-refractivity contribution in [2.45, 2.75) is 45.1 Å². The van der Waals surface area contributed by atoms with E-state index in [2.05, 4.69) is 11.0 Å². The lowest BCUT2D eigenvalue weighted by Crippen LogP contribution is -2.38. The lowest BCUT2D eigenvalue weighted by Gasteiger charge is -2.39. The zero-order valence-electron chi connectivity index (χ0n) is 12.4. The molecule has 1 saturated heterocycles. The minimum atomic E-state index is -0.888. The van der Waals surface area contributed by atoms with Crippen molar-refractivity contribution in [2.75, 3.05) is 13.1 Å². The van der Waals surface area contributed by atoms with Crippen LogP contribution in [-0.4, -0.2) is 29.1 Å². The molecule has 0 amide bonds. The zero-order valence-corrected chi connectivity index (χ0v) is 13.2. The van der Waals surface area contributed by atoms with Crippen LogP contribution < -0.4 is 0 Å². The molecule has 2 fully saturated rings. The number of carboxylic acids is 1. The van der Waals surface area contributed by atoms with Crippen LogP contribution in [0.3, 0.4) is 0 Å². The minimum absolute atomic E-state index is 0.682. The van der Waals surface area contributed by atoms with Crippen molar-refractivity contribution < 1.29 is 9.90 Å². The van der Waals surface area contributed by atoms with E-state index in [9.17, 15) is 4.79 Å². The van der Waals surface area contributed by atoms with Gasteiger partial charge in [0.15, 0.2) is 0 Å². The molecule has 0 bridgehead atoms. The number of carboxylic acid groups (broad SMARTS) is 1. The van der Waals surface area contributed by atoms with Crippen LogP contribution in [-0.2, 0) is 11.3 Å². The maximum absolute atomic E-state index is 10.5. The first-order chi connectivity index (χ1) is 10.2. The van der Waals surface area contributed by atoms with Gasteiger partial charge in [0, 0.05) is 17.5 Å². The summed E-state index contributed by atoms with van der Waals surface area (Å²) < 4.78 is 0. The van der Waals surface area contributed by atoms with Gasteiger partial charge in [-0.05, 0) is 67.3 Å². The van der Waals surface area contributed by atoms with Crippen molar-refractivity contribution in [3.8, 4) is 0 Å². The minimum Gasteiger partial charge on any atom is -0.478 e. The molecule has 0 atom stereocenters. The summed E-state index contributed by atoms with van der Waals surface area (Å²) in [6.45, 7) is 3.46. The van der Waals surface area contributed by atoms with E-state index in [-0.39, 0.29) is 0 Å². The summed E-state index contributed by atoms with van der Waals surface area (Å²) in [5.41, 5.74) is 1.68. The lowest BCUT2D eigenvalue weighted by atomic mass is 9.77. The van der Waals surface area contributed by atoms with Gasteiger partial charge in [-0.15, -0.1) is 11.3 Å². The largest absolute Gasteiger partial charge is 0.478 e. The smallest absolute Gasteiger partial charge is 0.328 e. The summed E-state index contributed by atoms with van der Waals surface area (Å²) in [6.07, 6.45) is 11.4. The van der Waals surface area contributed by atoms with E-state index in [0.29, 0.717) is 5.41 Å². The van der Waals surface area contributed by atoms with Crippen LogP contribution in [0.25, 0.3) is 6.08 Å². The van der Waals surface area contributed by atoms with Crippen molar-refractivity contribution >= 4 is 23.4 Å². The highest BCUT2D eigenvalue weighted by Crippen LogP contribution is 2.46. The summed E-state index contributed by atoms with van der Waals surface area (Å²) in [6, 6.07) is 2.12. The monoisotopic (exact) mass is 305 g/mol. The van der Waals surface area contributed by atoms with Gasteiger partial charge in [0.2, 0.25) is 0 Å². The third kappa shape index (κ3) is 3.74. The molecule has 1 saturated carbocycles. The molecular formula is C17H23NO2S. The summed E-state index contributed by atoms with van der Waals surface area (Å²) in [5, 5.41) is 10.7. The predicted molar refractivity (Wildman–Crippen MR) is 86.4 cm³/mol. The molecule has 114 valence electrons. The van der Waals surface area contributed by atoms with Crippen LogP contribution in [0.1, 0.15) is 49.0 Å². The average Bonchev–Trinajstić information content (AvgIpc) is 3.09. The highest BCUT2D eigenvalue weighted by molar-refractivity contribution is 7.10. The zero-order chi connectivity index (χ0) is 14.7. The Morgan fingerprint density at radius 2 is 2.00 bits per heavy atom. The van der Waals surface area contributed by atoms with Crippen molar-refractivity contribution in [3.05, 3.63) is 28.0 Å². The summed E-state index contributed by atoms with van der Waals surface area (Å²) in [5.74, 6) is -0.888. The first-order valence-corrected chi connectivity index (χ1v) is 8.74. The maximum atomic E-state index is 10.5. The standard InChI is InChI=1S/C17H23NO2S/c19-16(20)4-3-14-11-15(21-13-14)12-18-9-7-17(8-10-18)5-1-2-6-17/h3-4,11,13H,1-2,5-10,12H2,(H,19,20). The highest BCUT2D eigenvalue weighted by atomic mass is 32.1. The number of nitrogens with zero attached hydrogens (tertiary/aromatic N) is 1. The van der Waals surface area contributed by atoms with E-state index in [1.807, 2.05) is 5.38 Å². The predicted octanol–water partition coefficient (Wildman–Crippen LogP) is 4.00. The van der Waals surface area contributed by atoms with Crippen LogP contribution in [0.5, 0.6) is 0 Å². The normalized spacial score (nSPS) is 22.3. The molecule has 1 aromatic rings. The number of thiophene rings is 1. The summed E-state index contributed by atoms with van der Waals surface area (Å²) >= 11 is 1.73. The maximum Gasteiger partial charge on any atom is 0.328 e. The Morgan fingerprint density at radius 1 is 1.29 bits per heavy atom. The Balaban J connectivity index is 1.52. The molecule has 2 aliphatic rings. The Kier molecular flexibility index (Phi) is 4.45. The lowest BCUT2D eigenvalue weighted by molar-refractivity contribution is -0.131. The molecule has 0 aromatic carbocycles. The van der Waals surface area contributed by atoms with Crippen LogP contribution in [0.4, 0.5) is 0 Å². The first-order valence-electron chi connectivity index (χ1n) is 7.86. The first kappa shape index (κ1) is 14.8. The van der Waals surface area contributed by atoms with Crippen LogP contribution >= 0.6 is 11.3 Å². The van der Waals surface area contributed by atoms with E-state index in [4.69, 9.17) is 5.11 Å². The fourth-order valence-electron chi connectivity index (χ4n) is 3.77. The fraction of sp³-hybridized carbons (Fsp3) is 0.588. The van der Waals surface area contributed by atoms with Gasteiger partial charge in [-0.1, -0.05) is 12.8 Å². The van der Waals surface area contributed by atoms with Gasteiger partial charge < -0.3 is 5.11 Å². The van der Waals surface area contributed by atoms with Gasteiger partial charge in [0.25, 0.3) is 0 Å². The molecule has 1 N–H and O–H groups in total. The second kappa shape index (κ2) is 6.32. The third-order valence-corrected chi connectivity index (χ3v) is 5.99. The molecule has 21 heavy (non-hydrogen) atoms. The number of carbonyl (C=O) groups is 1. The van der Waals surface area contributed by atoms with Gasteiger partial charge in [-0.25, -0.2) is 4.79 Å². The SMILES string of the molecule is O=C(O)C=Cc1csc(CN2CCC3(CCCC3)CC2)c1. The molecule has 3 nitrogen and oxygen atoms in total. The molecular weight excluding hydrogens is 282 g/mol. The topological polar surface area (TPSA) is 40.5 Å². The van der Waals surface area contributed by atoms with E-state index in [0.717, 1.165) is 12.1 Å². The molecule has 2 heterocycles. The molecule has 1 aliphatic heterocycles. The van der Waals surface area contributed by atoms with E-state index >= 15 is 0 Å². The number of rotatable bonds is 4. The molecule has 4 heteroatoms. The third-order valence-electron chi connectivity index (χ3n) is 5.05.